The Kier molecular flexibility index (Phi) is 5.10. The van der Waals surface area contributed by atoms with E-state index < -0.39 is 17.7 Å². The number of benzene rings is 2. The number of rotatable bonds is 3. The van der Waals surface area contributed by atoms with Crippen molar-refractivity contribution >= 4 is 23.1 Å². The second-order valence-electron chi connectivity index (χ2n) is 7.43. The monoisotopic (exact) mass is 409 g/mol. The molecule has 0 aliphatic carbocycles. The largest absolute Gasteiger partial charge is 0.507 e. The average molecular weight is 409 g/mol. The predicted molar refractivity (Wildman–Crippen MR) is 116 cm³/mol. The Labute approximate surface area is 179 Å². The van der Waals surface area contributed by atoms with E-state index in [0.717, 1.165) is 11.1 Å². The zero-order chi connectivity index (χ0) is 22.1. The van der Waals surface area contributed by atoms with Crippen LogP contribution in [0.2, 0.25) is 0 Å². The Hall–Kier alpha value is -4.24. The normalized spacial score (nSPS) is 17.6. The molecule has 0 spiro atoms. The van der Waals surface area contributed by atoms with Gasteiger partial charge >= 0.3 is 0 Å². The van der Waals surface area contributed by atoms with E-state index in [-0.39, 0.29) is 11.3 Å². The third-order valence-corrected chi connectivity index (χ3v) is 5.37. The molecule has 4 rings (SSSR count). The molecular weight excluding hydrogens is 390 g/mol. The number of amides is 1. The van der Waals surface area contributed by atoms with Gasteiger partial charge in [0.15, 0.2) is 0 Å². The van der Waals surface area contributed by atoms with Gasteiger partial charge in [0.25, 0.3) is 11.7 Å². The summed E-state index contributed by atoms with van der Waals surface area (Å²) in [4.78, 5) is 31.7. The quantitative estimate of drug-likeness (QED) is 0.398. The van der Waals surface area contributed by atoms with Gasteiger partial charge in [0.1, 0.15) is 5.76 Å². The number of hydrogen-bond acceptors (Lipinski definition) is 5. The SMILES string of the molecule is Cc1ccc(C)c(/C(O)=C2\C(=O)C(=O)N(c3ccc(C#N)cc3)C2c2cccnc2)c1. The van der Waals surface area contributed by atoms with Gasteiger partial charge in [0.05, 0.1) is 23.2 Å². The molecular formula is C25H19N3O3. The van der Waals surface area contributed by atoms with Crippen molar-refractivity contribution in [2.24, 2.45) is 0 Å². The van der Waals surface area contributed by atoms with Crippen LogP contribution in [0.4, 0.5) is 5.69 Å². The van der Waals surface area contributed by atoms with Crippen LogP contribution in [0.25, 0.3) is 5.76 Å². The van der Waals surface area contributed by atoms with Crippen LogP contribution in [0.15, 0.2) is 72.6 Å². The van der Waals surface area contributed by atoms with Crippen LogP contribution in [-0.2, 0) is 9.59 Å². The summed E-state index contributed by atoms with van der Waals surface area (Å²) >= 11 is 0. The molecule has 6 heteroatoms. The zero-order valence-corrected chi connectivity index (χ0v) is 17.0. The van der Waals surface area contributed by atoms with Crippen LogP contribution < -0.4 is 4.90 Å². The predicted octanol–water partition coefficient (Wildman–Crippen LogP) is 4.20. The first-order chi connectivity index (χ1) is 14.9. The number of Topliss-reactive ketones (excluding diaryl/α,β-unsaturated/α-hetero) is 1. The number of aromatic nitrogens is 1. The molecule has 0 bridgehead atoms. The maximum Gasteiger partial charge on any atom is 0.300 e. The van der Waals surface area contributed by atoms with Gasteiger partial charge in [-0.05, 0) is 61.4 Å². The highest BCUT2D eigenvalue weighted by molar-refractivity contribution is 6.51. The van der Waals surface area contributed by atoms with E-state index in [2.05, 4.69) is 4.98 Å². The minimum absolute atomic E-state index is 0.0102. The highest BCUT2D eigenvalue weighted by Crippen LogP contribution is 2.42. The minimum Gasteiger partial charge on any atom is -0.507 e. The van der Waals surface area contributed by atoms with Gasteiger partial charge in [-0.15, -0.1) is 0 Å². The number of aliphatic hydroxyl groups is 1. The van der Waals surface area contributed by atoms with Crippen molar-refractivity contribution in [2.45, 2.75) is 19.9 Å². The van der Waals surface area contributed by atoms with Crippen molar-refractivity contribution in [3.8, 4) is 6.07 Å². The topological polar surface area (TPSA) is 94.3 Å². The van der Waals surface area contributed by atoms with Crippen LogP contribution in [0, 0.1) is 25.2 Å². The van der Waals surface area contributed by atoms with E-state index in [1.165, 1.54) is 4.90 Å². The summed E-state index contributed by atoms with van der Waals surface area (Å²) in [5.41, 5.74) is 3.72. The first kappa shape index (κ1) is 20.0. The first-order valence-electron chi connectivity index (χ1n) is 9.71. The second-order valence-corrected chi connectivity index (χ2v) is 7.43. The molecule has 0 radical (unpaired) electrons. The maximum atomic E-state index is 13.1. The summed E-state index contributed by atoms with van der Waals surface area (Å²) in [5.74, 6) is -1.73. The number of aliphatic hydroxyl groups excluding tert-OH is 1. The molecule has 1 amide bonds. The smallest absolute Gasteiger partial charge is 0.300 e. The van der Waals surface area contributed by atoms with Crippen molar-refractivity contribution in [1.82, 2.24) is 4.98 Å². The van der Waals surface area contributed by atoms with E-state index in [9.17, 15) is 14.7 Å². The van der Waals surface area contributed by atoms with Crippen LogP contribution in [0.3, 0.4) is 0 Å². The van der Waals surface area contributed by atoms with Crippen molar-refractivity contribution < 1.29 is 14.7 Å². The summed E-state index contributed by atoms with van der Waals surface area (Å²) in [6.45, 7) is 3.73. The summed E-state index contributed by atoms with van der Waals surface area (Å²) in [6.07, 6.45) is 3.17. The van der Waals surface area contributed by atoms with Gasteiger partial charge in [-0.25, -0.2) is 0 Å². The molecule has 1 saturated heterocycles. The molecule has 1 aliphatic heterocycles. The molecule has 1 N–H and O–H groups in total. The number of aryl methyl sites for hydroxylation is 2. The van der Waals surface area contributed by atoms with Crippen molar-refractivity contribution in [2.75, 3.05) is 4.90 Å². The number of nitrogens with zero attached hydrogens (tertiary/aromatic N) is 3. The lowest BCUT2D eigenvalue weighted by Crippen LogP contribution is -2.29. The van der Waals surface area contributed by atoms with Gasteiger partial charge in [0.2, 0.25) is 0 Å². The van der Waals surface area contributed by atoms with Crippen molar-refractivity contribution in [3.05, 3.63) is 100 Å². The summed E-state index contributed by atoms with van der Waals surface area (Å²) in [7, 11) is 0. The number of carbonyl (C=O) groups excluding carboxylic acids is 2. The number of carbonyl (C=O) groups is 2. The van der Waals surface area contributed by atoms with Gasteiger partial charge in [-0.3, -0.25) is 19.5 Å². The molecule has 152 valence electrons. The highest BCUT2D eigenvalue weighted by Gasteiger charge is 2.47. The van der Waals surface area contributed by atoms with Crippen LogP contribution >= 0.6 is 0 Å². The molecule has 31 heavy (non-hydrogen) atoms. The lowest BCUT2D eigenvalue weighted by atomic mass is 9.94. The fourth-order valence-electron chi connectivity index (χ4n) is 3.78. The molecule has 6 nitrogen and oxygen atoms in total. The molecule has 2 aromatic carbocycles. The molecule has 2 heterocycles. The number of hydrogen-bond donors (Lipinski definition) is 1. The van der Waals surface area contributed by atoms with E-state index in [0.29, 0.717) is 22.4 Å². The Morgan fingerprint density at radius 3 is 2.48 bits per heavy atom. The molecule has 1 atom stereocenters. The minimum atomic E-state index is -0.846. The highest BCUT2D eigenvalue weighted by atomic mass is 16.3. The van der Waals surface area contributed by atoms with Gasteiger partial charge < -0.3 is 5.11 Å². The molecule has 3 aromatic rings. The first-order valence-corrected chi connectivity index (χ1v) is 9.71. The van der Waals surface area contributed by atoms with Gasteiger partial charge in [-0.1, -0.05) is 23.8 Å². The van der Waals surface area contributed by atoms with Gasteiger partial charge in [-0.2, -0.15) is 5.26 Å². The Balaban J connectivity index is 1.96. The van der Waals surface area contributed by atoms with E-state index in [1.807, 2.05) is 32.0 Å². The van der Waals surface area contributed by atoms with E-state index >= 15 is 0 Å². The summed E-state index contributed by atoms with van der Waals surface area (Å²) in [5, 5.41) is 20.3. The maximum absolute atomic E-state index is 13.1. The number of pyridine rings is 1. The molecule has 0 saturated carbocycles. The zero-order valence-electron chi connectivity index (χ0n) is 17.0. The summed E-state index contributed by atoms with van der Waals surface area (Å²) < 4.78 is 0. The lowest BCUT2D eigenvalue weighted by molar-refractivity contribution is -0.132. The van der Waals surface area contributed by atoms with Gasteiger partial charge in [0, 0.05) is 23.6 Å². The summed E-state index contributed by atoms with van der Waals surface area (Å²) in [6, 6.07) is 16.6. The molecule has 1 unspecified atom stereocenters. The van der Waals surface area contributed by atoms with Crippen LogP contribution in [0.1, 0.15) is 33.9 Å². The second kappa shape index (κ2) is 7.88. The van der Waals surface area contributed by atoms with Crippen LogP contribution in [0.5, 0.6) is 0 Å². The average Bonchev–Trinajstić information content (AvgIpc) is 3.06. The Morgan fingerprint density at radius 2 is 1.84 bits per heavy atom. The van der Waals surface area contributed by atoms with E-state index in [4.69, 9.17) is 5.26 Å². The lowest BCUT2D eigenvalue weighted by Gasteiger charge is -2.25. The molecule has 1 aliphatic rings. The Bertz CT molecular complexity index is 1260. The van der Waals surface area contributed by atoms with E-state index in [1.54, 1.807) is 54.9 Å². The third kappa shape index (κ3) is 3.47. The number of anilines is 1. The fourth-order valence-corrected chi connectivity index (χ4v) is 3.78. The standard InChI is InChI=1S/C25H19N3O3/c1-15-5-6-16(2)20(12-15)23(29)21-22(18-4-3-11-27-14-18)28(25(31)24(21)30)19-9-7-17(13-26)8-10-19/h3-12,14,22,29H,1-2H3/b23-21+. The fraction of sp³-hybridized carbons (Fsp3) is 0.120. The molecule has 1 aromatic heterocycles. The van der Waals surface area contributed by atoms with Crippen molar-refractivity contribution in [3.63, 3.8) is 0 Å². The third-order valence-electron chi connectivity index (χ3n) is 5.37. The van der Waals surface area contributed by atoms with Crippen molar-refractivity contribution in [1.29, 1.82) is 5.26 Å². The Morgan fingerprint density at radius 1 is 1.10 bits per heavy atom. The number of nitriles is 1. The molecule has 1 fully saturated rings. The van der Waals surface area contributed by atoms with Crippen LogP contribution in [-0.4, -0.2) is 21.8 Å². The number of ketones is 1.